The first-order chi connectivity index (χ1) is 10.4. The molecule has 0 spiro atoms. The van der Waals surface area contributed by atoms with Crippen molar-refractivity contribution in [3.05, 3.63) is 44.4 Å². The molecule has 0 saturated carbocycles. The van der Waals surface area contributed by atoms with E-state index in [1.807, 2.05) is 18.7 Å². The molecule has 0 aliphatic carbocycles. The maximum Gasteiger partial charge on any atom is 0.271 e. The molecule has 0 fully saturated rings. The number of carbonyl (C=O) groups is 2. The molecule has 3 rings (SSSR count). The third kappa shape index (κ3) is 2.20. The minimum Gasteiger partial charge on any atom is -0.354 e. The van der Waals surface area contributed by atoms with Crippen LogP contribution in [0.1, 0.15) is 62.4 Å². The lowest BCUT2D eigenvalue weighted by Gasteiger charge is -2.33. The fourth-order valence-electron chi connectivity index (χ4n) is 3.42. The van der Waals surface area contributed by atoms with Gasteiger partial charge in [0.05, 0.1) is 6.04 Å². The van der Waals surface area contributed by atoms with Gasteiger partial charge in [0, 0.05) is 22.7 Å². The molecule has 1 unspecified atom stereocenters. The Morgan fingerprint density at radius 3 is 2.73 bits per heavy atom. The quantitative estimate of drug-likeness (QED) is 0.860. The zero-order valence-corrected chi connectivity index (χ0v) is 14.1. The van der Waals surface area contributed by atoms with E-state index in [4.69, 9.17) is 0 Å². The second-order valence-electron chi connectivity index (χ2n) is 5.90. The van der Waals surface area contributed by atoms with Crippen LogP contribution >= 0.6 is 11.3 Å². The van der Waals surface area contributed by atoms with Crippen LogP contribution in [0, 0.1) is 13.8 Å². The van der Waals surface area contributed by atoms with Gasteiger partial charge in [0.15, 0.2) is 5.78 Å². The standard InChI is InChI=1S/C17H20N2O2S/c1-9-15(12(4)20)10(2)18-16(9)17(21)19-7-5-14-13(11(19)3)6-8-22-14/h6,8,11,18H,5,7H2,1-4H3. The summed E-state index contributed by atoms with van der Waals surface area (Å²) in [6, 6.07) is 2.18. The average Bonchev–Trinajstić information content (AvgIpc) is 3.03. The van der Waals surface area contributed by atoms with Crippen molar-refractivity contribution in [3.63, 3.8) is 0 Å². The van der Waals surface area contributed by atoms with Gasteiger partial charge in [-0.1, -0.05) is 0 Å². The van der Waals surface area contributed by atoms with Crippen molar-refractivity contribution in [2.45, 2.75) is 40.2 Å². The molecule has 0 radical (unpaired) electrons. The zero-order chi connectivity index (χ0) is 16.0. The third-order valence-electron chi connectivity index (χ3n) is 4.54. The second-order valence-corrected chi connectivity index (χ2v) is 6.91. The van der Waals surface area contributed by atoms with Crippen LogP contribution in [-0.4, -0.2) is 28.1 Å². The Morgan fingerprint density at radius 1 is 1.36 bits per heavy atom. The number of Topliss-reactive ketones (excluding diaryl/α,β-unsaturated/α-hetero) is 1. The highest BCUT2D eigenvalue weighted by molar-refractivity contribution is 7.10. The van der Waals surface area contributed by atoms with E-state index in [9.17, 15) is 9.59 Å². The van der Waals surface area contributed by atoms with E-state index in [1.54, 1.807) is 18.3 Å². The van der Waals surface area contributed by atoms with Crippen LogP contribution in [0.5, 0.6) is 0 Å². The van der Waals surface area contributed by atoms with Gasteiger partial charge in [0.1, 0.15) is 5.69 Å². The number of H-pyrrole nitrogens is 1. The van der Waals surface area contributed by atoms with Gasteiger partial charge in [-0.3, -0.25) is 9.59 Å². The molecule has 1 aliphatic rings. The van der Waals surface area contributed by atoms with Crippen molar-refractivity contribution >= 4 is 23.0 Å². The molecule has 5 heteroatoms. The second kappa shape index (κ2) is 5.39. The number of aromatic nitrogens is 1. The molecule has 3 heterocycles. The summed E-state index contributed by atoms with van der Waals surface area (Å²) in [6.07, 6.45) is 0.904. The van der Waals surface area contributed by atoms with E-state index in [0.717, 1.165) is 24.2 Å². The third-order valence-corrected chi connectivity index (χ3v) is 5.54. The molecule has 2 aromatic heterocycles. The number of rotatable bonds is 2. The maximum atomic E-state index is 12.9. The monoisotopic (exact) mass is 316 g/mol. The molecule has 0 aromatic carbocycles. The number of nitrogens with one attached hydrogen (secondary N) is 1. The largest absolute Gasteiger partial charge is 0.354 e. The molecule has 1 N–H and O–H groups in total. The SMILES string of the molecule is CC(=O)c1c(C)[nH]c(C(=O)N2CCc3sccc3C2C)c1C. The highest BCUT2D eigenvalue weighted by atomic mass is 32.1. The Kier molecular flexibility index (Phi) is 3.68. The summed E-state index contributed by atoms with van der Waals surface area (Å²) in [7, 11) is 0. The van der Waals surface area contributed by atoms with Crippen LogP contribution in [0.15, 0.2) is 11.4 Å². The first kappa shape index (κ1) is 15.0. The molecule has 0 bridgehead atoms. The topological polar surface area (TPSA) is 53.2 Å². The number of hydrogen-bond donors (Lipinski definition) is 1. The lowest BCUT2D eigenvalue weighted by molar-refractivity contribution is 0.0673. The number of fused-ring (bicyclic) bond motifs is 1. The van der Waals surface area contributed by atoms with E-state index in [0.29, 0.717) is 11.3 Å². The fourth-order valence-corrected chi connectivity index (χ4v) is 4.39. The van der Waals surface area contributed by atoms with Gasteiger partial charge >= 0.3 is 0 Å². The molecule has 4 nitrogen and oxygen atoms in total. The maximum absolute atomic E-state index is 12.9. The summed E-state index contributed by atoms with van der Waals surface area (Å²) in [6.45, 7) is 8.02. The number of thiophene rings is 1. The van der Waals surface area contributed by atoms with E-state index < -0.39 is 0 Å². The van der Waals surface area contributed by atoms with Crippen molar-refractivity contribution in [1.82, 2.24) is 9.88 Å². The number of aryl methyl sites for hydroxylation is 1. The zero-order valence-electron chi connectivity index (χ0n) is 13.3. The number of amides is 1. The molecule has 1 atom stereocenters. The predicted octanol–water partition coefficient (Wildman–Crippen LogP) is 3.66. The first-order valence-electron chi connectivity index (χ1n) is 7.49. The number of ketones is 1. The van der Waals surface area contributed by atoms with Crippen LogP contribution in [0.2, 0.25) is 0 Å². The minimum absolute atomic E-state index is 0.00267. The van der Waals surface area contributed by atoms with Crippen molar-refractivity contribution in [2.24, 2.45) is 0 Å². The Morgan fingerprint density at radius 2 is 2.09 bits per heavy atom. The van der Waals surface area contributed by atoms with Gasteiger partial charge in [-0.05, 0) is 56.7 Å². The highest BCUT2D eigenvalue weighted by Gasteiger charge is 2.31. The molecular formula is C17H20N2O2S. The van der Waals surface area contributed by atoms with Crippen LogP contribution in [0.4, 0.5) is 0 Å². The molecule has 1 aliphatic heterocycles. The van der Waals surface area contributed by atoms with Crippen molar-refractivity contribution < 1.29 is 9.59 Å². The van der Waals surface area contributed by atoms with E-state index in [2.05, 4.69) is 23.4 Å². The molecule has 116 valence electrons. The van der Waals surface area contributed by atoms with Crippen LogP contribution in [0.3, 0.4) is 0 Å². The lowest BCUT2D eigenvalue weighted by atomic mass is 10.00. The summed E-state index contributed by atoms with van der Waals surface area (Å²) < 4.78 is 0. The number of aromatic amines is 1. The average molecular weight is 316 g/mol. The smallest absolute Gasteiger partial charge is 0.271 e. The number of nitrogens with zero attached hydrogens (tertiary/aromatic N) is 1. The molecule has 22 heavy (non-hydrogen) atoms. The lowest BCUT2D eigenvalue weighted by Crippen LogP contribution is -2.38. The molecule has 2 aromatic rings. The Bertz CT molecular complexity index is 757. The summed E-state index contributed by atoms with van der Waals surface area (Å²) in [4.78, 5) is 31.1. The van der Waals surface area contributed by atoms with Gasteiger partial charge in [-0.15, -0.1) is 11.3 Å². The predicted molar refractivity (Wildman–Crippen MR) is 87.7 cm³/mol. The van der Waals surface area contributed by atoms with Gasteiger partial charge in [0.25, 0.3) is 5.91 Å². The van der Waals surface area contributed by atoms with Gasteiger partial charge in [-0.2, -0.15) is 0 Å². The van der Waals surface area contributed by atoms with E-state index in [1.165, 1.54) is 10.4 Å². The van der Waals surface area contributed by atoms with Crippen molar-refractivity contribution in [1.29, 1.82) is 0 Å². The Balaban J connectivity index is 1.96. The highest BCUT2D eigenvalue weighted by Crippen LogP contribution is 2.34. The summed E-state index contributed by atoms with van der Waals surface area (Å²) >= 11 is 1.76. The normalized spacial score (nSPS) is 17.5. The van der Waals surface area contributed by atoms with Crippen molar-refractivity contribution in [2.75, 3.05) is 6.54 Å². The first-order valence-corrected chi connectivity index (χ1v) is 8.37. The van der Waals surface area contributed by atoms with E-state index in [-0.39, 0.29) is 17.7 Å². The van der Waals surface area contributed by atoms with Crippen LogP contribution < -0.4 is 0 Å². The Hall–Kier alpha value is -1.88. The van der Waals surface area contributed by atoms with Gasteiger partial charge < -0.3 is 9.88 Å². The van der Waals surface area contributed by atoms with Crippen LogP contribution in [-0.2, 0) is 6.42 Å². The van der Waals surface area contributed by atoms with Crippen molar-refractivity contribution in [3.8, 4) is 0 Å². The Labute approximate surface area is 134 Å². The fraction of sp³-hybridized carbons (Fsp3) is 0.412. The van der Waals surface area contributed by atoms with Crippen LogP contribution in [0.25, 0.3) is 0 Å². The van der Waals surface area contributed by atoms with Gasteiger partial charge in [-0.25, -0.2) is 0 Å². The number of hydrogen-bond acceptors (Lipinski definition) is 3. The summed E-state index contributed by atoms with van der Waals surface area (Å²) in [5, 5.41) is 2.09. The van der Waals surface area contributed by atoms with E-state index >= 15 is 0 Å². The minimum atomic E-state index is -0.0162. The van der Waals surface area contributed by atoms with Gasteiger partial charge in [0.2, 0.25) is 0 Å². The molecule has 0 saturated heterocycles. The summed E-state index contributed by atoms with van der Waals surface area (Å²) in [5.41, 5.74) is 3.97. The number of carbonyl (C=O) groups excluding carboxylic acids is 2. The molecular weight excluding hydrogens is 296 g/mol. The summed E-state index contributed by atoms with van der Waals surface area (Å²) in [5.74, 6) is -0.0189. The molecule has 1 amide bonds.